The highest BCUT2D eigenvalue weighted by molar-refractivity contribution is 7.99. The van der Waals surface area contributed by atoms with Crippen molar-refractivity contribution < 1.29 is 0 Å². The van der Waals surface area contributed by atoms with Crippen LogP contribution in [0.3, 0.4) is 0 Å². The number of aromatic amines is 1. The molecule has 106 valence electrons. The van der Waals surface area contributed by atoms with Crippen LogP contribution >= 0.6 is 24.0 Å². The van der Waals surface area contributed by atoms with E-state index in [4.69, 9.17) is 12.2 Å². The molecule has 0 fully saturated rings. The van der Waals surface area contributed by atoms with Crippen molar-refractivity contribution in [2.75, 3.05) is 5.75 Å². The molecule has 0 aliphatic heterocycles. The van der Waals surface area contributed by atoms with E-state index < -0.39 is 0 Å². The van der Waals surface area contributed by atoms with Gasteiger partial charge in [-0.2, -0.15) is 0 Å². The smallest absolute Gasteiger partial charge is 0.139 e. The number of aromatic nitrogens is 2. The Balaban J connectivity index is 2.42. The Labute approximate surface area is 130 Å². The fraction of sp³-hybridized carbons (Fsp3) is 0.375. The van der Waals surface area contributed by atoms with Gasteiger partial charge in [0, 0.05) is 21.6 Å². The number of hydrogen-bond acceptors (Lipinski definition) is 3. The molecular formula is C16H20N2S2. The van der Waals surface area contributed by atoms with E-state index in [2.05, 4.69) is 61.9 Å². The normalized spacial score (nSPS) is 11.6. The van der Waals surface area contributed by atoms with Crippen LogP contribution in [0, 0.1) is 4.64 Å². The van der Waals surface area contributed by atoms with Gasteiger partial charge in [-0.25, -0.2) is 4.98 Å². The van der Waals surface area contributed by atoms with Crippen LogP contribution in [0.4, 0.5) is 0 Å². The first-order chi connectivity index (χ1) is 9.40. The molecule has 0 bridgehead atoms. The van der Waals surface area contributed by atoms with Gasteiger partial charge < -0.3 is 4.98 Å². The molecule has 1 heterocycles. The molecule has 1 aromatic carbocycles. The van der Waals surface area contributed by atoms with Crippen molar-refractivity contribution >= 4 is 24.0 Å². The lowest BCUT2D eigenvalue weighted by molar-refractivity contribution is 0.567. The standard InChI is InChI=1S/C16H20N2S2/c1-5-20-12-8-6-11(7-9-12)15-17-13(16(2,3)4)10-14(19)18-15/h6-10H,5H2,1-4H3,(H,17,18,19). The average Bonchev–Trinajstić information content (AvgIpc) is 2.38. The lowest BCUT2D eigenvalue weighted by Gasteiger charge is -2.19. The summed E-state index contributed by atoms with van der Waals surface area (Å²) in [6, 6.07) is 10.4. The summed E-state index contributed by atoms with van der Waals surface area (Å²) in [5.74, 6) is 1.93. The van der Waals surface area contributed by atoms with Crippen molar-refractivity contribution in [2.24, 2.45) is 0 Å². The van der Waals surface area contributed by atoms with Crippen LogP contribution in [-0.2, 0) is 5.41 Å². The highest BCUT2D eigenvalue weighted by Gasteiger charge is 2.15. The van der Waals surface area contributed by atoms with Crippen LogP contribution in [0.5, 0.6) is 0 Å². The Morgan fingerprint density at radius 1 is 1.20 bits per heavy atom. The highest BCUT2D eigenvalue weighted by atomic mass is 32.2. The number of thioether (sulfide) groups is 1. The van der Waals surface area contributed by atoms with Gasteiger partial charge in [-0.05, 0) is 24.0 Å². The quantitative estimate of drug-likeness (QED) is 0.623. The molecule has 0 amide bonds. The lowest BCUT2D eigenvalue weighted by atomic mass is 9.92. The van der Waals surface area contributed by atoms with Crippen molar-refractivity contribution in [3.05, 3.63) is 40.7 Å². The predicted octanol–water partition coefficient (Wildman–Crippen LogP) is 5.22. The van der Waals surface area contributed by atoms with Gasteiger partial charge in [0.2, 0.25) is 0 Å². The molecule has 0 aliphatic rings. The zero-order valence-electron chi connectivity index (χ0n) is 12.4. The fourth-order valence-electron chi connectivity index (χ4n) is 1.87. The third kappa shape index (κ3) is 3.70. The summed E-state index contributed by atoms with van der Waals surface area (Å²) in [6.45, 7) is 8.65. The molecule has 1 N–H and O–H groups in total. The summed E-state index contributed by atoms with van der Waals surface area (Å²) in [6.07, 6.45) is 0. The van der Waals surface area contributed by atoms with Crippen LogP contribution in [0.25, 0.3) is 11.4 Å². The van der Waals surface area contributed by atoms with Gasteiger partial charge in [0.1, 0.15) is 10.5 Å². The number of benzene rings is 1. The van der Waals surface area contributed by atoms with Crippen LogP contribution in [-0.4, -0.2) is 15.7 Å². The molecule has 2 aromatic rings. The number of H-pyrrole nitrogens is 1. The molecule has 0 aliphatic carbocycles. The number of rotatable bonds is 3. The fourth-order valence-corrected chi connectivity index (χ4v) is 2.74. The van der Waals surface area contributed by atoms with Gasteiger partial charge in [-0.3, -0.25) is 0 Å². The van der Waals surface area contributed by atoms with Crippen molar-refractivity contribution in [3.8, 4) is 11.4 Å². The average molecular weight is 304 g/mol. The Hall–Kier alpha value is -1.13. The second kappa shape index (κ2) is 6.10. The molecule has 0 spiro atoms. The first-order valence-corrected chi connectivity index (χ1v) is 8.14. The molecule has 4 heteroatoms. The summed E-state index contributed by atoms with van der Waals surface area (Å²) in [7, 11) is 0. The van der Waals surface area contributed by atoms with Gasteiger partial charge in [0.25, 0.3) is 0 Å². The monoisotopic (exact) mass is 304 g/mol. The Morgan fingerprint density at radius 3 is 2.40 bits per heavy atom. The molecule has 2 rings (SSSR count). The van der Waals surface area contributed by atoms with E-state index in [1.807, 2.05) is 17.8 Å². The van der Waals surface area contributed by atoms with Gasteiger partial charge >= 0.3 is 0 Å². The molecule has 0 atom stereocenters. The second-order valence-corrected chi connectivity index (χ2v) is 7.44. The molecule has 20 heavy (non-hydrogen) atoms. The summed E-state index contributed by atoms with van der Waals surface area (Å²) in [5, 5.41) is 0. The van der Waals surface area contributed by atoms with Crippen LogP contribution in [0.15, 0.2) is 35.2 Å². The maximum absolute atomic E-state index is 5.29. The van der Waals surface area contributed by atoms with Gasteiger partial charge in [-0.1, -0.05) is 52.0 Å². The maximum Gasteiger partial charge on any atom is 0.139 e. The molecule has 0 radical (unpaired) electrons. The third-order valence-electron chi connectivity index (χ3n) is 2.99. The van der Waals surface area contributed by atoms with E-state index in [1.165, 1.54) is 4.90 Å². The summed E-state index contributed by atoms with van der Waals surface area (Å²) in [4.78, 5) is 9.13. The zero-order valence-corrected chi connectivity index (χ0v) is 14.0. The summed E-state index contributed by atoms with van der Waals surface area (Å²) in [5.41, 5.74) is 2.21. The molecule has 1 aromatic heterocycles. The molecule has 0 saturated heterocycles. The van der Waals surface area contributed by atoms with E-state index in [-0.39, 0.29) is 5.41 Å². The van der Waals surface area contributed by atoms with Gasteiger partial charge in [0.05, 0.1) is 0 Å². The predicted molar refractivity (Wildman–Crippen MR) is 90.0 cm³/mol. The van der Waals surface area contributed by atoms with E-state index in [0.29, 0.717) is 4.64 Å². The minimum absolute atomic E-state index is 0.0310. The van der Waals surface area contributed by atoms with E-state index in [1.54, 1.807) is 0 Å². The van der Waals surface area contributed by atoms with E-state index >= 15 is 0 Å². The van der Waals surface area contributed by atoms with Gasteiger partial charge in [0.15, 0.2) is 0 Å². The van der Waals surface area contributed by atoms with Crippen molar-refractivity contribution in [1.82, 2.24) is 9.97 Å². The van der Waals surface area contributed by atoms with Crippen molar-refractivity contribution in [3.63, 3.8) is 0 Å². The maximum atomic E-state index is 5.29. The SMILES string of the molecule is CCSc1ccc(-c2nc(=S)cc(C(C)(C)C)[nH]2)cc1. The number of nitrogens with zero attached hydrogens (tertiary/aromatic N) is 1. The Kier molecular flexibility index (Phi) is 4.66. The first-order valence-electron chi connectivity index (χ1n) is 6.75. The first kappa shape index (κ1) is 15.3. The number of hydrogen-bond donors (Lipinski definition) is 1. The van der Waals surface area contributed by atoms with Crippen molar-refractivity contribution in [1.29, 1.82) is 0 Å². The topological polar surface area (TPSA) is 28.7 Å². The second-order valence-electron chi connectivity index (χ2n) is 5.69. The minimum atomic E-state index is 0.0310. The molecule has 0 unspecified atom stereocenters. The summed E-state index contributed by atoms with van der Waals surface area (Å²) >= 11 is 7.13. The highest BCUT2D eigenvalue weighted by Crippen LogP contribution is 2.25. The van der Waals surface area contributed by atoms with E-state index in [9.17, 15) is 0 Å². The number of nitrogens with one attached hydrogen (secondary N) is 1. The minimum Gasteiger partial charge on any atom is -0.343 e. The molecule has 0 saturated carbocycles. The van der Waals surface area contributed by atoms with Crippen LogP contribution in [0.2, 0.25) is 0 Å². The Morgan fingerprint density at radius 2 is 1.85 bits per heavy atom. The largest absolute Gasteiger partial charge is 0.343 e. The molecular weight excluding hydrogens is 284 g/mol. The van der Waals surface area contributed by atoms with Crippen molar-refractivity contribution in [2.45, 2.75) is 38.0 Å². The molecule has 2 nitrogen and oxygen atoms in total. The van der Waals surface area contributed by atoms with Crippen LogP contribution < -0.4 is 0 Å². The lowest BCUT2D eigenvalue weighted by Crippen LogP contribution is -2.14. The zero-order chi connectivity index (χ0) is 14.8. The third-order valence-corrected chi connectivity index (χ3v) is 4.09. The Bertz CT molecular complexity index is 637. The van der Waals surface area contributed by atoms with Gasteiger partial charge in [-0.15, -0.1) is 11.8 Å². The summed E-state index contributed by atoms with van der Waals surface area (Å²) < 4.78 is 0.635. The van der Waals surface area contributed by atoms with E-state index in [0.717, 1.165) is 22.8 Å². The van der Waals surface area contributed by atoms with Crippen LogP contribution in [0.1, 0.15) is 33.4 Å².